The summed E-state index contributed by atoms with van der Waals surface area (Å²) in [4.78, 5) is 26.1. The fourth-order valence-electron chi connectivity index (χ4n) is 3.21. The molecule has 1 aliphatic rings. The van der Waals surface area contributed by atoms with Crippen LogP contribution in [0, 0.1) is 0 Å². The van der Waals surface area contributed by atoms with Crippen LogP contribution in [0.1, 0.15) is 32.2 Å². The summed E-state index contributed by atoms with van der Waals surface area (Å²) in [7, 11) is 0. The zero-order valence-electron chi connectivity index (χ0n) is 14.7. The molecule has 0 aliphatic carbocycles. The highest BCUT2D eigenvalue weighted by Gasteiger charge is 2.45. The standard InChI is InChI=1S/C19H23N3O4/c1-15(22-11-5-10-20-22)14-17(23)21-12-8-19(9-13-21,18(24)25)26-16-6-3-2-4-7-16/h2-7,10-11,15H,8-9,12-14H2,1H3,(H,24,25)/t15-/m0/s1. The van der Waals surface area contributed by atoms with Crippen molar-refractivity contribution in [2.24, 2.45) is 0 Å². The first kappa shape index (κ1) is 18.0. The Morgan fingerprint density at radius 1 is 1.23 bits per heavy atom. The number of hydrogen-bond acceptors (Lipinski definition) is 4. The number of piperidine rings is 1. The third kappa shape index (κ3) is 3.87. The van der Waals surface area contributed by atoms with Crippen LogP contribution in [0.2, 0.25) is 0 Å². The number of carbonyl (C=O) groups excluding carboxylic acids is 1. The summed E-state index contributed by atoms with van der Waals surface area (Å²) < 4.78 is 7.57. The predicted molar refractivity (Wildman–Crippen MR) is 94.8 cm³/mol. The van der Waals surface area contributed by atoms with Crippen molar-refractivity contribution in [3.05, 3.63) is 48.8 Å². The van der Waals surface area contributed by atoms with E-state index in [0.29, 0.717) is 25.3 Å². The Balaban J connectivity index is 1.61. The van der Waals surface area contributed by atoms with Gasteiger partial charge < -0.3 is 14.7 Å². The van der Waals surface area contributed by atoms with E-state index in [4.69, 9.17) is 4.74 Å². The molecule has 0 unspecified atom stereocenters. The summed E-state index contributed by atoms with van der Waals surface area (Å²) in [5.41, 5.74) is -1.29. The van der Waals surface area contributed by atoms with E-state index < -0.39 is 11.6 Å². The zero-order valence-corrected chi connectivity index (χ0v) is 14.7. The Bertz CT molecular complexity index is 737. The topological polar surface area (TPSA) is 84.7 Å². The molecular formula is C19H23N3O4. The van der Waals surface area contributed by atoms with E-state index in [1.54, 1.807) is 40.0 Å². The lowest BCUT2D eigenvalue weighted by Crippen LogP contribution is -2.54. The van der Waals surface area contributed by atoms with Crippen molar-refractivity contribution in [3.63, 3.8) is 0 Å². The minimum Gasteiger partial charge on any atom is -0.478 e. The summed E-state index contributed by atoms with van der Waals surface area (Å²) in [6.45, 7) is 2.67. The number of aromatic nitrogens is 2. The number of ether oxygens (including phenoxy) is 1. The van der Waals surface area contributed by atoms with E-state index in [2.05, 4.69) is 5.10 Å². The molecule has 1 saturated heterocycles. The molecule has 2 heterocycles. The molecular weight excluding hydrogens is 334 g/mol. The minimum absolute atomic E-state index is 0.00620. The third-order valence-corrected chi connectivity index (χ3v) is 4.82. The van der Waals surface area contributed by atoms with Gasteiger partial charge in [0.25, 0.3) is 0 Å². The average molecular weight is 357 g/mol. The second-order valence-corrected chi connectivity index (χ2v) is 6.63. The number of rotatable bonds is 6. The van der Waals surface area contributed by atoms with Gasteiger partial charge in [-0.2, -0.15) is 5.10 Å². The number of amides is 1. The van der Waals surface area contributed by atoms with Crippen LogP contribution in [0.25, 0.3) is 0 Å². The molecule has 1 amide bonds. The first-order valence-electron chi connectivity index (χ1n) is 8.74. The van der Waals surface area contributed by atoms with Crippen molar-refractivity contribution in [3.8, 4) is 5.75 Å². The Morgan fingerprint density at radius 2 is 1.92 bits per heavy atom. The molecule has 1 aliphatic heterocycles. The first-order chi connectivity index (χ1) is 12.5. The molecule has 26 heavy (non-hydrogen) atoms. The summed E-state index contributed by atoms with van der Waals surface area (Å²) in [6.07, 6.45) is 4.38. The van der Waals surface area contributed by atoms with Crippen LogP contribution in [0.3, 0.4) is 0 Å². The normalized spacial score (nSPS) is 17.5. The molecule has 7 nitrogen and oxygen atoms in total. The number of aliphatic carboxylic acids is 1. The maximum absolute atomic E-state index is 12.5. The molecule has 1 atom stereocenters. The van der Waals surface area contributed by atoms with Gasteiger partial charge in [-0.25, -0.2) is 4.79 Å². The highest BCUT2D eigenvalue weighted by atomic mass is 16.5. The molecule has 138 valence electrons. The van der Waals surface area contributed by atoms with Gasteiger partial charge in [-0.05, 0) is 25.1 Å². The van der Waals surface area contributed by atoms with Gasteiger partial charge in [0.05, 0.1) is 6.04 Å². The van der Waals surface area contributed by atoms with E-state index >= 15 is 0 Å². The minimum atomic E-state index is -1.29. The smallest absolute Gasteiger partial charge is 0.348 e. The van der Waals surface area contributed by atoms with E-state index in [-0.39, 0.29) is 24.8 Å². The zero-order chi connectivity index (χ0) is 18.6. The predicted octanol–water partition coefficient (Wildman–Crippen LogP) is 2.36. The SMILES string of the molecule is C[C@@H](CC(=O)N1CCC(Oc2ccccc2)(C(=O)O)CC1)n1cccn1. The molecule has 0 radical (unpaired) electrons. The Hall–Kier alpha value is -2.83. The fourth-order valence-corrected chi connectivity index (χ4v) is 3.21. The largest absolute Gasteiger partial charge is 0.478 e. The lowest BCUT2D eigenvalue weighted by Gasteiger charge is -2.39. The summed E-state index contributed by atoms with van der Waals surface area (Å²) in [6, 6.07) is 10.7. The molecule has 0 bridgehead atoms. The molecule has 1 N–H and O–H groups in total. The van der Waals surface area contributed by atoms with Gasteiger partial charge in [0, 0.05) is 44.7 Å². The molecule has 1 aromatic heterocycles. The maximum Gasteiger partial charge on any atom is 0.348 e. The first-order valence-corrected chi connectivity index (χ1v) is 8.74. The van der Waals surface area contributed by atoms with Gasteiger partial charge in [0.1, 0.15) is 5.75 Å². The van der Waals surface area contributed by atoms with E-state index in [9.17, 15) is 14.7 Å². The number of carbonyl (C=O) groups is 2. The van der Waals surface area contributed by atoms with Gasteiger partial charge in [0.15, 0.2) is 0 Å². The van der Waals surface area contributed by atoms with Crippen LogP contribution in [-0.2, 0) is 9.59 Å². The van der Waals surface area contributed by atoms with Crippen molar-refractivity contribution in [2.75, 3.05) is 13.1 Å². The summed E-state index contributed by atoms with van der Waals surface area (Å²) in [5, 5.41) is 13.9. The second-order valence-electron chi connectivity index (χ2n) is 6.63. The maximum atomic E-state index is 12.5. The molecule has 0 saturated carbocycles. The highest BCUT2D eigenvalue weighted by Crippen LogP contribution is 2.30. The molecule has 7 heteroatoms. The van der Waals surface area contributed by atoms with Crippen molar-refractivity contribution in [1.82, 2.24) is 14.7 Å². The van der Waals surface area contributed by atoms with Crippen LogP contribution in [0.4, 0.5) is 0 Å². The van der Waals surface area contributed by atoms with E-state index in [1.165, 1.54) is 0 Å². The summed E-state index contributed by atoms with van der Waals surface area (Å²) in [5.74, 6) is -0.452. The van der Waals surface area contributed by atoms with Gasteiger partial charge in [-0.3, -0.25) is 9.48 Å². The highest BCUT2D eigenvalue weighted by molar-refractivity contribution is 5.80. The second kappa shape index (κ2) is 7.59. The quantitative estimate of drug-likeness (QED) is 0.858. The monoisotopic (exact) mass is 357 g/mol. The molecule has 3 rings (SSSR count). The lowest BCUT2D eigenvalue weighted by atomic mass is 9.90. The number of likely N-dealkylation sites (tertiary alicyclic amines) is 1. The Morgan fingerprint density at radius 3 is 2.50 bits per heavy atom. The lowest BCUT2D eigenvalue weighted by molar-refractivity contribution is -0.162. The van der Waals surface area contributed by atoms with Crippen molar-refractivity contribution < 1.29 is 19.4 Å². The van der Waals surface area contributed by atoms with Gasteiger partial charge in [0.2, 0.25) is 11.5 Å². The van der Waals surface area contributed by atoms with E-state index in [0.717, 1.165) is 0 Å². The molecule has 1 fully saturated rings. The Labute approximate surface area is 152 Å². The van der Waals surface area contributed by atoms with Crippen LogP contribution in [0.5, 0.6) is 5.75 Å². The van der Waals surface area contributed by atoms with Crippen LogP contribution in [0.15, 0.2) is 48.8 Å². The Kier molecular flexibility index (Phi) is 5.25. The average Bonchev–Trinajstić information content (AvgIpc) is 3.18. The van der Waals surface area contributed by atoms with Crippen molar-refractivity contribution in [1.29, 1.82) is 0 Å². The number of hydrogen-bond donors (Lipinski definition) is 1. The molecule has 0 spiro atoms. The molecule has 2 aromatic rings. The number of carboxylic acids is 1. The number of benzene rings is 1. The van der Waals surface area contributed by atoms with Gasteiger partial charge >= 0.3 is 5.97 Å². The number of nitrogens with zero attached hydrogens (tertiary/aromatic N) is 3. The fraction of sp³-hybridized carbons (Fsp3) is 0.421. The third-order valence-electron chi connectivity index (χ3n) is 4.82. The van der Waals surface area contributed by atoms with Crippen molar-refractivity contribution >= 4 is 11.9 Å². The van der Waals surface area contributed by atoms with E-state index in [1.807, 2.05) is 25.3 Å². The van der Waals surface area contributed by atoms with Gasteiger partial charge in [-0.1, -0.05) is 18.2 Å². The van der Waals surface area contributed by atoms with Gasteiger partial charge in [-0.15, -0.1) is 0 Å². The number of para-hydroxylation sites is 1. The molecule has 1 aromatic carbocycles. The number of carboxylic acid groups (broad SMARTS) is 1. The summed E-state index contributed by atoms with van der Waals surface area (Å²) >= 11 is 0. The van der Waals surface area contributed by atoms with Crippen LogP contribution < -0.4 is 4.74 Å². The van der Waals surface area contributed by atoms with Crippen molar-refractivity contribution in [2.45, 2.75) is 37.8 Å². The van der Waals surface area contributed by atoms with Crippen LogP contribution >= 0.6 is 0 Å². The van der Waals surface area contributed by atoms with Crippen LogP contribution in [-0.4, -0.2) is 50.4 Å².